The lowest BCUT2D eigenvalue weighted by Crippen LogP contribution is -2.48. The SMILES string of the molecule is C#Cc1nc(NC(=O)NN(C(=O)OCC)c2ccc(-c3cccnc3C3(C#N)CC3)cc2)cs1. The Labute approximate surface area is 200 Å². The third kappa shape index (κ3) is 4.68. The van der Waals surface area contributed by atoms with Crippen molar-refractivity contribution >= 4 is 35.0 Å². The first-order valence-electron chi connectivity index (χ1n) is 10.4. The average molecular weight is 473 g/mol. The van der Waals surface area contributed by atoms with E-state index >= 15 is 0 Å². The second-order valence-electron chi connectivity index (χ2n) is 7.42. The Balaban J connectivity index is 1.56. The Hall–Kier alpha value is -4.41. The van der Waals surface area contributed by atoms with E-state index in [9.17, 15) is 14.9 Å². The minimum atomic E-state index is -0.753. The van der Waals surface area contributed by atoms with Crippen LogP contribution >= 0.6 is 11.3 Å². The topological polar surface area (TPSA) is 120 Å². The van der Waals surface area contributed by atoms with Crippen molar-refractivity contribution in [3.8, 4) is 29.5 Å². The molecule has 2 heterocycles. The minimum absolute atomic E-state index is 0.129. The van der Waals surface area contributed by atoms with Gasteiger partial charge in [-0.25, -0.2) is 20.0 Å². The van der Waals surface area contributed by atoms with Crippen LogP contribution in [0.25, 0.3) is 11.1 Å². The molecule has 34 heavy (non-hydrogen) atoms. The number of pyridine rings is 1. The van der Waals surface area contributed by atoms with Crippen LogP contribution in [0, 0.1) is 23.7 Å². The number of nitrogens with zero attached hydrogens (tertiary/aromatic N) is 4. The van der Waals surface area contributed by atoms with Crippen molar-refractivity contribution in [3.05, 3.63) is 58.7 Å². The van der Waals surface area contributed by atoms with Crippen molar-refractivity contribution in [2.45, 2.75) is 25.2 Å². The quantitative estimate of drug-likeness (QED) is 0.418. The number of hydrogen-bond donors (Lipinski definition) is 2. The summed E-state index contributed by atoms with van der Waals surface area (Å²) in [5, 5.41) is 15.2. The Morgan fingerprint density at radius 2 is 2.06 bits per heavy atom. The number of benzene rings is 1. The minimum Gasteiger partial charge on any atom is -0.448 e. The second kappa shape index (κ2) is 9.61. The highest BCUT2D eigenvalue weighted by molar-refractivity contribution is 7.10. The molecule has 1 aliphatic rings. The maximum atomic E-state index is 12.5. The predicted molar refractivity (Wildman–Crippen MR) is 128 cm³/mol. The number of nitriles is 1. The largest absolute Gasteiger partial charge is 0.448 e. The van der Waals surface area contributed by atoms with Gasteiger partial charge < -0.3 is 4.74 Å². The van der Waals surface area contributed by atoms with Gasteiger partial charge in [0.1, 0.15) is 11.2 Å². The molecule has 0 spiro atoms. The predicted octanol–water partition coefficient (Wildman–Crippen LogP) is 4.44. The zero-order chi connectivity index (χ0) is 24.1. The fraction of sp³-hybridized carbons (Fsp3) is 0.208. The van der Waals surface area contributed by atoms with Gasteiger partial charge in [-0.2, -0.15) is 10.3 Å². The van der Waals surface area contributed by atoms with Crippen LogP contribution in [0.3, 0.4) is 0 Å². The van der Waals surface area contributed by atoms with Gasteiger partial charge in [0.15, 0.2) is 5.01 Å². The molecule has 0 saturated heterocycles. The molecule has 1 aliphatic carbocycles. The summed E-state index contributed by atoms with van der Waals surface area (Å²) in [4.78, 5) is 33.6. The summed E-state index contributed by atoms with van der Waals surface area (Å²) in [5.74, 6) is 2.66. The van der Waals surface area contributed by atoms with E-state index in [0.717, 1.165) is 34.7 Å². The van der Waals surface area contributed by atoms with Crippen molar-refractivity contribution in [3.63, 3.8) is 0 Å². The van der Waals surface area contributed by atoms with E-state index in [2.05, 4.69) is 32.7 Å². The molecule has 0 aliphatic heterocycles. The monoisotopic (exact) mass is 472 g/mol. The normalized spacial score (nSPS) is 13.1. The van der Waals surface area contributed by atoms with Gasteiger partial charge in [0, 0.05) is 17.1 Å². The number of nitrogens with one attached hydrogen (secondary N) is 2. The number of anilines is 2. The Morgan fingerprint density at radius 1 is 1.29 bits per heavy atom. The highest BCUT2D eigenvalue weighted by atomic mass is 32.1. The van der Waals surface area contributed by atoms with E-state index in [1.807, 2.05) is 12.1 Å². The molecule has 3 amide bonds. The van der Waals surface area contributed by atoms with Crippen molar-refractivity contribution < 1.29 is 14.3 Å². The molecule has 10 heteroatoms. The van der Waals surface area contributed by atoms with Crippen LogP contribution in [-0.4, -0.2) is 28.7 Å². The Bertz CT molecular complexity index is 1300. The average Bonchev–Trinajstić information content (AvgIpc) is 3.54. The van der Waals surface area contributed by atoms with E-state index in [1.165, 1.54) is 11.3 Å². The first-order chi connectivity index (χ1) is 16.5. The second-order valence-corrected chi connectivity index (χ2v) is 8.28. The lowest BCUT2D eigenvalue weighted by atomic mass is 9.94. The molecule has 0 unspecified atom stereocenters. The number of carbonyl (C=O) groups is 2. The molecule has 2 N–H and O–H groups in total. The van der Waals surface area contributed by atoms with Crippen molar-refractivity contribution in [1.82, 2.24) is 15.4 Å². The van der Waals surface area contributed by atoms with Crippen molar-refractivity contribution in [1.29, 1.82) is 5.26 Å². The maximum absolute atomic E-state index is 12.5. The number of urea groups is 1. The van der Waals surface area contributed by atoms with Gasteiger partial charge in [0.2, 0.25) is 0 Å². The lowest BCUT2D eigenvalue weighted by molar-refractivity contribution is 0.156. The summed E-state index contributed by atoms with van der Waals surface area (Å²) >= 11 is 1.21. The summed E-state index contributed by atoms with van der Waals surface area (Å²) in [6.45, 7) is 1.80. The van der Waals surface area contributed by atoms with E-state index in [-0.39, 0.29) is 12.4 Å². The zero-order valence-corrected chi connectivity index (χ0v) is 19.1. The van der Waals surface area contributed by atoms with E-state index in [4.69, 9.17) is 11.2 Å². The van der Waals surface area contributed by atoms with Gasteiger partial charge in [-0.3, -0.25) is 10.3 Å². The van der Waals surface area contributed by atoms with Gasteiger partial charge in [-0.05, 0) is 49.4 Å². The lowest BCUT2D eigenvalue weighted by Gasteiger charge is -2.22. The smallest absolute Gasteiger partial charge is 0.433 e. The van der Waals surface area contributed by atoms with E-state index in [0.29, 0.717) is 10.7 Å². The van der Waals surface area contributed by atoms with Crippen LogP contribution in [0.1, 0.15) is 30.5 Å². The summed E-state index contributed by atoms with van der Waals surface area (Å²) in [5.41, 5.74) is 4.76. The van der Waals surface area contributed by atoms with Crippen LogP contribution in [0.4, 0.5) is 21.1 Å². The summed E-state index contributed by atoms with van der Waals surface area (Å²) < 4.78 is 5.09. The molecule has 1 saturated carbocycles. The first-order valence-corrected chi connectivity index (χ1v) is 11.3. The molecule has 1 fully saturated rings. The molecule has 4 rings (SSSR count). The van der Waals surface area contributed by atoms with Crippen LogP contribution in [0.2, 0.25) is 0 Å². The van der Waals surface area contributed by atoms with Gasteiger partial charge >= 0.3 is 12.1 Å². The maximum Gasteiger partial charge on any atom is 0.433 e. The fourth-order valence-electron chi connectivity index (χ4n) is 3.38. The molecule has 9 nitrogen and oxygen atoms in total. The number of thiazole rings is 1. The number of hydrogen-bond acceptors (Lipinski definition) is 7. The number of terminal acetylenes is 1. The summed E-state index contributed by atoms with van der Waals surface area (Å²) in [6.07, 6.45) is 7.80. The highest BCUT2D eigenvalue weighted by Gasteiger charge is 2.47. The van der Waals surface area contributed by atoms with Gasteiger partial charge in [0.05, 0.1) is 24.1 Å². The molecular weight excluding hydrogens is 452 g/mol. The summed E-state index contributed by atoms with van der Waals surface area (Å²) in [7, 11) is 0. The highest BCUT2D eigenvalue weighted by Crippen LogP contribution is 2.49. The molecule has 0 radical (unpaired) electrons. The van der Waals surface area contributed by atoms with E-state index < -0.39 is 17.5 Å². The van der Waals surface area contributed by atoms with Crippen molar-refractivity contribution in [2.24, 2.45) is 0 Å². The van der Waals surface area contributed by atoms with Gasteiger partial charge in [-0.15, -0.1) is 17.8 Å². The molecular formula is C24H20N6O3S. The van der Waals surface area contributed by atoms with Crippen molar-refractivity contribution in [2.75, 3.05) is 16.9 Å². The zero-order valence-electron chi connectivity index (χ0n) is 18.2. The number of ether oxygens (including phenoxy) is 1. The number of amides is 3. The molecule has 2 aromatic heterocycles. The number of hydrazine groups is 1. The van der Waals surface area contributed by atoms with Crippen LogP contribution < -0.4 is 15.8 Å². The first kappa shape index (κ1) is 22.8. The third-order valence-corrected chi connectivity index (χ3v) is 5.97. The molecule has 3 aromatic rings. The Kier molecular flexibility index (Phi) is 6.44. The molecule has 0 atom stereocenters. The van der Waals surface area contributed by atoms with Gasteiger partial charge in [-0.1, -0.05) is 18.2 Å². The van der Waals surface area contributed by atoms with Crippen LogP contribution in [0.15, 0.2) is 48.0 Å². The van der Waals surface area contributed by atoms with Gasteiger partial charge in [0.25, 0.3) is 0 Å². The van der Waals surface area contributed by atoms with Crippen LogP contribution in [0.5, 0.6) is 0 Å². The standard InChI is InChI=1S/C24H20N6O3S/c1-3-20-27-19(14-34-20)28-22(31)29-30(23(32)33-4-2)17-9-7-16(8-10-17)18-6-5-13-26-21(18)24(15-25)11-12-24/h1,5-10,13-14H,4,11-12H2,2H3,(H2,28,29,31). The molecule has 170 valence electrons. The van der Waals surface area contributed by atoms with Crippen LogP contribution in [-0.2, 0) is 10.2 Å². The number of carbonyl (C=O) groups excluding carboxylic acids is 2. The number of aromatic nitrogens is 2. The fourth-order valence-corrected chi connectivity index (χ4v) is 3.94. The molecule has 1 aromatic carbocycles. The Morgan fingerprint density at radius 3 is 2.68 bits per heavy atom. The summed E-state index contributed by atoms with van der Waals surface area (Å²) in [6, 6.07) is 12.4. The molecule has 0 bridgehead atoms. The third-order valence-electron chi connectivity index (χ3n) is 5.19. The number of rotatable bonds is 5. The van der Waals surface area contributed by atoms with E-state index in [1.54, 1.807) is 42.8 Å².